The molecule has 0 heterocycles. The predicted octanol–water partition coefficient (Wildman–Crippen LogP) is 3.70. The summed E-state index contributed by atoms with van der Waals surface area (Å²) in [7, 11) is 1.59. The Morgan fingerprint density at radius 1 is 0.917 bits per heavy atom. The lowest BCUT2D eigenvalue weighted by Gasteiger charge is -2.05. The molecule has 0 fully saturated rings. The summed E-state index contributed by atoms with van der Waals surface area (Å²) >= 11 is 0. The van der Waals surface area contributed by atoms with Crippen molar-refractivity contribution in [3.05, 3.63) is 54.1 Å². The van der Waals surface area contributed by atoms with E-state index >= 15 is 0 Å². The normalized spacial score (nSPS) is 9.17. The summed E-state index contributed by atoms with van der Waals surface area (Å²) in [6, 6.07) is 13.9. The molecule has 0 aliphatic carbocycles. The molecule has 0 aliphatic heterocycles. The molecule has 6 nitrogen and oxygen atoms in total. The van der Waals surface area contributed by atoms with Crippen molar-refractivity contribution >= 4 is 5.69 Å². The number of aromatic hydroxyl groups is 2. The van der Waals surface area contributed by atoms with E-state index in [1.807, 2.05) is 11.5 Å². The number of anilines is 1. The number of hydroxylamine groups is 1. The molecule has 2 rings (SSSR count). The number of phenols is 2. The van der Waals surface area contributed by atoms with Crippen molar-refractivity contribution in [3.8, 4) is 11.5 Å². The lowest BCUT2D eigenvalue weighted by Crippen LogP contribution is -2.05. The fourth-order valence-corrected chi connectivity index (χ4v) is 1.52. The highest BCUT2D eigenvalue weighted by Crippen LogP contribution is 2.20. The van der Waals surface area contributed by atoms with Gasteiger partial charge in [0.1, 0.15) is 18.2 Å². The standard InChI is InChI=1S/C8H11NO2.C7H9NO2.C3H8/c1-11-6-9-7-4-2-3-5-8(7)10;9-7-4-2-1-3-6(7)5-8-10;1-3-2/h2-5,9-10H,6H2,1H3;1-4,8-10H,5H2;3H2,1-2H3. The van der Waals surface area contributed by atoms with E-state index in [-0.39, 0.29) is 18.0 Å². The van der Waals surface area contributed by atoms with Crippen LogP contribution < -0.4 is 10.8 Å². The number of methoxy groups -OCH3 is 1. The summed E-state index contributed by atoms with van der Waals surface area (Å²) in [5.74, 6) is 0.439. The fourth-order valence-electron chi connectivity index (χ4n) is 1.52. The van der Waals surface area contributed by atoms with Gasteiger partial charge in [-0.3, -0.25) is 0 Å². The minimum absolute atomic E-state index is 0.198. The Balaban J connectivity index is 0.000000381. The van der Waals surface area contributed by atoms with Crippen LogP contribution in [-0.2, 0) is 11.3 Å². The van der Waals surface area contributed by atoms with Crippen molar-refractivity contribution < 1.29 is 20.2 Å². The molecule has 6 heteroatoms. The first kappa shape index (κ1) is 21.7. The van der Waals surface area contributed by atoms with Crippen LogP contribution in [0.1, 0.15) is 25.8 Å². The molecule has 0 unspecified atom stereocenters. The van der Waals surface area contributed by atoms with Gasteiger partial charge in [0.2, 0.25) is 0 Å². The van der Waals surface area contributed by atoms with E-state index in [2.05, 4.69) is 19.2 Å². The Labute approximate surface area is 143 Å². The number of rotatable bonds is 5. The molecule has 0 saturated heterocycles. The molecule has 0 aromatic heterocycles. The molecule has 0 amide bonds. The van der Waals surface area contributed by atoms with Gasteiger partial charge < -0.3 is 25.5 Å². The van der Waals surface area contributed by atoms with E-state index in [1.54, 1.807) is 49.6 Å². The third-order valence-electron chi connectivity index (χ3n) is 2.57. The average Bonchev–Trinajstić information content (AvgIpc) is 2.58. The molecule has 24 heavy (non-hydrogen) atoms. The smallest absolute Gasteiger partial charge is 0.138 e. The lowest BCUT2D eigenvalue weighted by molar-refractivity contribution is 0.160. The van der Waals surface area contributed by atoms with Gasteiger partial charge in [-0.15, -0.1) is 0 Å². The third kappa shape index (κ3) is 9.68. The van der Waals surface area contributed by atoms with Crippen LogP contribution in [0.3, 0.4) is 0 Å². The zero-order chi connectivity index (χ0) is 18.2. The molecular weight excluding hydrogens is 308 g/mol. The Morgan fingerprint density at radius 2 is 1.46 bits per heavy atom. The molecular formula is C18H28N2O4. The summed E-state index contributed by atoms with van der Waals surface area (Å²) in [6.07, 6.45) is 1.25. The number of hydrogen-bond acceptors (Lipinski definition) is 6. The summed E-state index contributed by atoms with van der Waals surface area (Å²) < 4.78 is 4.78. The highest BCUT2D eigenvalue weighted by atomic mass is 16.5. The van der Waals surface area contributed by atoms with E-state index in [4.69, 9.17) is 15.1 Å². The lowest BCUT2D eigenvalue weighted by atomic mass is 10.2. The minimum Gasteiger partial charge on any atom is -0.508 e. The SMILES string of the molecule is CCC.COCNc1ccccc1O.ONCc1ccccc1O. The quantitative estimate of drug-likeness (QED) is 0.325. The summed E-state index contributed by atoms with van der Waals surface area (Å²) in [4.78, 5) is 0. The number of phenolic OH excluding ortho intramolecular Hbond substituents is 2. The van der Waals surface area contributed by atoms with E-state index in [9.17, 15) is 5.11 Å². The van der Waals surface area contributed by atoms with Crippen LogP contribution in [0.5, 0.6) is 11.5 Å². The van der Waals surface area contributed by atoms with E-state index < -0.39 is 0 Å². The number of hydrogen-bond donors (Lipinski definition) is 5. The van der Waals surface area contributed by atoms with Crippen molar-refractivity contribution in [2.45, 2.75) is 26.8 Å². The molecule has 134 valence electrons. The zero-order valence-corrected chi connectivity index (χ0v) is 14.5. The molecule has 0 spiro atoms. The summed E-state index contributed by atoms with van der Waals surface area (Å²) in [5.41, 5.74) is 3.34. The van der Waals surface area contributed by atoms with Gasteiger partial charge in [0.05, 0.1) is 5.69 Å². The van der Waals surface area contributed by atoms with Gasteiger partial charge in [0, 0.05) is 19.2 Å². The maximum Gasteiger partial charge on any atom is 0.138 e. The van der Waals surface area contributed by atoms with Crippen molar-refractivity contribution in [3.63, 3.8) is 0 Å². The predicted molar refractivity (Wildman–Crippen MR) is 96.3 cm³/mol. The van der Waals surface area contributed by atoms with Gasteiger partial charge in [-0.25, -0.2) is 5.48 Å². The summed E-state index contributed by atoms with van der Waals surface area (Å²) in [6.45, 7) is 4.92. The van der Waals surface area contributed by atoms with Gasteiger partial charge in [-0.1, -0.05) is 50.6 Å². The monoisotopic (exact) mass is 336 g/mol. The Hall–Kier alpha value is -2.28. The Bertz CT molecular complexity index is 550. The van der Waals surface area contributed by atoms with Gasteiger partial charge in [-0.2, -0.15) is 0 Å². The topological polar surface area (TPSA) is 94.0 Å². The van der Waals surface area contributed by atoms with Crippen molar-refractivity contribution in [2.75, 3.05) is 19.2 Å². The van der Waals surface area contributed by atoms with Gasteiger partial charge in [-0.05, 0) is 18.2 Å². The Kier molecular flexibility index (Phi) is 13.0. The first-order chi connectivity index (χ1) is 11.6. The largest absolute Gasteiger partial charge is 0.508 e. The second kappa shape index (κ2) is 14.3. The second-order valence-electron chi connectivity index (χ2n) is 4.80. The van der Waals surface area contributed by atoms with Crippen LogP contribution in [-0.4, -0.2) is 29.3 Å². The molecule has 0 aliphatic rings. The first-order valence-corrected chi connectivity index (χ1v) is 7.75. The molecule has 0 bridgehead atoms. The van der Waals surface area contributed by atoms with Crippen LogP contribution in [0.4, 0.5) is 5.69 Å². The second-order valence-corrected chi connectivity index (χ2v) is 4.80. The molecule has 0 atom stereocenters. The van der Waals surface area contributed by atoms with Crippen LogP contribution in [0.2, 0.25) is 0 Å². The zero-order valence-electron chi connectivity index (χ0n) is 14.5. The molecule has 2 aromatic rings. The number of ether oxygens (including phenoxy) is 1. The van der Waals surface area contributed by atoms with Gasteiger partial charge in [0.15, 0.2) is 0 Å². The van der Waals surface area contributed by atoms with Crippen LogP contribution in [0, 0.1) is 0 Å². The minimum atomic E-state index is 0.198. The first-order valence-electron chi connectivity index (χ1n) is 7.75. The number of nitrogens with one attached hydrogen (secondary N) is 2. The van der Waals surface area contributed by atoms with Crippen LogP contribution >= 0.6 is 0 Å². The average molecular weight is 336 g/mol. The maximum atomic E-state index is 9.22. The molecule has 2 aromatic carbocycles. The van der Waals surface area contributed by atoms with E-state index in [0.29, 0.717) is 18.0 Å². The highest BCUT2D eigenvalue weighted by Gasteiger charge is 1.96. The molecule has 5 N–H and O–H groups in total. The third-order valence-corrected chi connectivity index (χ3v) is 2.57. The summed E-state index contributed by atoms with van der Waals surface area (Å²) in [5, 5.41) is 29.5. The van der Waals surface area contributed by atoms with E-state index in [0.717, 1.165) is 0 Å². The van der Waals surface area contributed by atoms with Gasteiger partial charge in [0.25, 0.3) is 0 Å². The maximum absolute atomic E-state index is 9.22. The Morgan fingerprint density at radius 3 is 1.96 bits per heavy atom. The number of benzene rings is 2. The van der Waals surface area contributed by atoms with Gasteiger partial charge >= 0.3 is 0 Å². The highest BCUT2D eigenvalue weighted by molar-refractivity contribution is 5.54. The van der Waals surface area contributed by atoms with Crippen LogP contribution in [0.15, 0.2) is 48.5 Å². The molecule has 0 radical (unpaired) electrons. The fraction of sp³-hybridized carbons (Fsp3) is 0.333. The molecule has 0 saturated carbocycles. The van der Waals surface area contributed by atoms with Crippen molar-refractivity contribution in [2.24, 2.45) is 0 Å². The van der Waals surface area contributed by atoms with Crippen molar-refractivity contribution in [1.82, 2.24) is 5.48 Å². The number of para-hydroxylation sites is 3. The van der Waals surface area contributed by atoms with E-state index in [1.165, 1.54) is 6.42 Å². The van der Waals surface area contributed by atoms with Crippen LogP contribution in [0.25, 0.3) is 0 Å². The van der Waals surface area contributed by atoms with Crippen molar-refractivity contribution in [1.29, 1.82) is 0 Å².